The first kappa shape index (κ1) is 16.1. The van der Waals surface area contributed by atoms with Gasteiger partial charge in [0, 0.05) is 39.1 Å². The van der Waals surface area contributed by atoms with Crippen molar-refractivity contribution in [3.8, 4) is 0 Å². The zero-order chi connectivity index (χ0) is 15.0. The molecule has 0 atom stereocenters. The van der Waals surface area contributed by atoms with E-state index in [1.165, 1.54) is 0 Å². The van der Waals surface area contributed by atoms with Gasteiger partial charge in [-0.15, -0.1) is 0 Å². The normalized spacial score (nSPS) is 26.7. The lowest BCUT2D eigenvalue weighted by molar-refractivity contribution is -0.141. The molecule has 2 saturated heterocycles. The standard InChI is InChI=1S/C15H28F2N2O/c1-13(2,3)9-19-10-14(4,11-19)20-8-7-18-6-5-15(16,17)12-18/h5-12H2,1-4H3. The summed E-state index contributed by atoms with van der Waals surface area (Å²) in [4.78, 5) is 4.19. The first-order valence-corrected chi connectivity index (χ1v) is 7.54. The maximum absolute atomic E-state index is 13.1. The number of nitrogens with zero attached hydrogens (tertiary/aromatic N) is 2. The van der Waals surface area contributed by atoms with Crippen molar-refractivity contribution in [2.75, 3.05) is 45.9 Å². The first-order valence-electron chi connectivity index (χ1n) is 7.54. The maximum Gasteiger partial charge on any atom is 0.261 e. The Balaban J connectivity index is 1.61. The zero-order valence-corrected chi connectivity index (χ0v) is 13.2. The van der Waals surface area contributed by atoms with Crippen molar-refractivity contribution in [3.05, 3.63) is 0 Å². The Kier molecular flexibility index (Phi) is 4.43. The molecule has 2 aliphatic rings. The predicted molar refractivity (Wildman–Crippen MR) is 76.3 cm³/mol. The van der Waals surface area contributed by atoms with Crippen molar-refractivity contribution in [2.24, 2.45) is 5.41 Å². The van der Waals surface area contributed by atoms with E-state index in [1.54, 1.807) is 4.90 Å². The van der Waals surface area contributed by atoms with E-state index in [2.05, 4.69) is 32.6 Å². The number of alkyl halides is 2. The summed E-state index contributed by atoms with van der Waals surface area (Å²) in [6.45, 7) is 13.3. The van der Waals surface area contributed by atoms with E-state index >= 15 is 0 Å². The molecule has 0 aromatic carbocycles. The Morgan fingerprint density at radius 3 is 2.25 bits per heavy atom. The Bertz CT molecular complexity index is 335. The Labute approximate surface area is 121 Å². The average molecular weight is 290 g/mol. The smallest absolute Gasteiger partial charge is 0.261 e. The quantitative estimate of drug-likeness (QED) is 0.773. The van der Waals surface area contributed by atoms with Gasteiger partial charge in [0.15, 0.2) is 0 Å². The summed E-state index contributed by atoms with van der Waals surface area (Å²) in [6.07, 6.45) is -0.0103. The summed E-state index contributed by atoms with van der Waals surface area (Å²) in [5.41, 5.74) is 0.218. The van der Waals surface area contributed by atoms with Crippen molar-refractivity contribution < 1.29 is 13.5 Å². The van der Waals surface area contributed by atoms with E-state index in [0.29, 0.717) is 25.1 Å². The second-order valence-corrected chi connectivity index (χ2v) is 7.89. The maximum atomic E-state index is 13.1. The Morgan fingerprint density at radius 1 is 1.10 bits per heavy atom. The van der Waals surface area contributed by atoms with Crippen LogP contribution >= 0.6 is 0 Å². The first-order chi connectivity index (χ1) is 9.07. The summed E-state index contributed by atoms with van der Waals surface area (Å²) < 4.78 is 32.0. The summed E-state index contributed by atoms with van der Waals surface area (Å²) in [7, 11) is 0. The molecule has 0 N–H and O–H groups in total. The van der Waals surface area contributed by atoms with Crippen LogP contribution in [0.2, 0.25) is 0 Å². The van der Waals surface area contributed by atoms with Crippen LogP contribution in [0.4, 0.5) is 8.78 Å². The van der Waals surface area contributed by atoms with Crippen LogP contribution in [-0.4, -0.2) is 67.2 Å². The molecule has 20 heavy (non-hydrogen) atoms. The second kappa shape index (κ2) is 5.50. The predicted octanol–water partition coefficient (Wildman–Crippen LogP) is 2.46. The molecule has 2 rings (SSSR count). The average Bonchev–Trinajstić information content (AvgIpc) is 2.53. The molecule has 0 saturated carbocycles. The van der Waals surface area contributed by atoms with Crippen molar-refractivity contribution in [2.45, 2.75) is 45.6 Å². The van der Waals surface area contributed by atoms with Gasteiger partial charge in [-0.1, -0.05) is 20.8 Å². The molecule has 2 fully saturated rings. The van der Waals surface area contributed by atoms with Crippen LogP contribution in [0.3, 0.4) is 0 Å². The molecule has 5 heteroatoms. The lowest BCUT2D eigenvalue weighted by atomic mass is 9.90. The van der Waals surface area contributed by atoms with Crippen molar-refractivity contribution >= 4 is 0 Å². The lowest BCUT2D eigenvalue weighted by Gasteiger charge is -2.49. The molecule has 0 aliphatic carbocycles. The van der Waals surface area contributed by atoms with Crippen LogP contribution < -0.4 is 0 Å². The molecule has 2 heterocycles. The van der Waals surface area contributed by atoms with E-state index in [0.717, 1.165) is 19.6 Å². The number of hydrogen-bond donors (Lipinski definition) is 0. The van der Waals surface area contributed by atoms with Crippen molar-refractivity contribution in [3.63, 3.8) is 0 Å². The molecule has 3 nitrogen and oxygen atoms in total. The van der Waals surface area contributed by atoms with Gasteiger partial charge >= 0.3 is 0 Å². The molecule has 0 bridgehead atoms. The van der Waals surface area contributed by atoms with Gasteiger partial charge in [-0.2, -0.15) is 0 Å². The van der Waals surface area contributed by atoms with Gasteiger partial charge < -0.3 is 4.74 Å². The Hall–Kier alpha value is -0.260. The van der Waals surface area contributed by atoms with Crippen LogP contribution in [0.15, 0.2) is 0 Å². The fourth-order valence-corrected chi connectivity index (χ4v) is 3.19. The third kappa shape index (κ3) is 4.64. The van der Waals surface area contributed by atoms with Gasteiger partial charge in [0.1, 0.15) is 0 Å². The molecule has 2 aliphatic heterocycles. The molecule has 0 radical (unpaired) electrons. The summed E-state index contributed by atoms with van der Waals surface area (Å²) >= 11 is 0. The van der Waals surface area contributed by atoms with Crippen LogP contribution in [0, 0.1) is 5.41 Å². The molecule has 0 amide bonds. The lowest BCUT2D eigenvalue weighted by Crippen LogP contribution is -2.63. The molecule has 0 aromatic heterocycles. The monoisotopic (exact) mass is 290 g/mol. The highest BCUT2D eigenvalue weighted by Gasteiger charge is 2.41. The largest absolute Gasteiger partial charge is 0.371 e. The van der Waals surface area contributed by atoms with Crippen LogP contribution in [0.25, 0.3) is 0 Å². The number of halogens is 2. The minimum absolute atomic E-state index is 0.0103. The van der Waals surface area contributed by atoms with Crippen LogP contribution in [-0.2, 0) is 4.74 Å². The Morgan fingerprint density at radius 2 is 1.75 bits per heavy atom. The van der Waals surface area contributed by atoms with E-state index in [-0.39, 0.29) is 18.6 Å². The molecular weight excluding hydrogens is 262 g/mol. The van der Waals surface area contributed by atoms with E-state index in [9.17, 15) is 8.78 Å². The zero-order valence-electron chi connectivity index (χ0n) is 13.2. The van der Waals surface area contributed by atoms with E-state index in [1.807, 2.05) is 0 Å². The van der Waals surface area contributed by atoms with Gasteiger partial charge in [0.05, 0.1) is 18.8 Å². The topological polar surface area (TPSA) is 15.7 Å². The second-order valence-electron chi connectivity index (χ2n) is 7.89. The SMILES string of the molecule is CC(C)(C)CN1CC(C)(OCCN2CCC(F)(F)C2)C1. The summed E-state index contributed by atoms with van der Waals surface area (Å²) in [6, 6.07) is 0. The van der Waals surface area contributed by atoms with Crippen molar-refractivity contribution in [1.29, 1.82) is 0 Å². The molecule has 118 valence electrons. The van der Waals surface area contributed by atoms with E-state index in [4.69, 9.17) is 4.74 Å². The van der Waals surface area contributed by atoms with Gasteiger partial charge in [-0.25, -0.2) is 8.78 Å². The highest BCUT2D eigenvalue weighted by molar-refractivity contribution is 4.95. The molecule has 0 unspecified atom stereocenters. The van der Waals surface area contributed by atoms with Gasteiger partial charge in [-0.3, -0.25) is 9.80 Å². The third-order valence-electron chi connectivity index (χ3n) is 3.92. The fraction of sp³-hybridized carbons (Fsp3) is 1.00. The van der Waals surface area contributed by atoms with Gasteiger partial charge in [0.2, 0.25) is 0 Å². The number of hydrogen-bond acceptors (Lipinski definition) is 3. The van der Waals surface area contributed by atoms with Gasteiger partial charge in [-0.05, 0) is 12.3 Å². The number of rotatable bonds is 5. The van der Waals surface area contributed by atoms with Gasteiger partial charge in [0.25, 0.3) is 5.92 Å². The molecule has 0 spiro atoms. The highest BCUT2D eigenvalue weighted by atomic mass is 19.3. The van der Waals surface area contributed by atoms with Crippen LogP contribution in [0.1, 0.15) is 34.1 Å². The third-order valence-corrected chi connectivity index (χ3v) is 3.92. The minimum Gasteiger partial charge on any atom is -0.371 e. The number of ether oxygens (including phenoxy) is 1. The van der Waals surface area contributed by atoms with Crippen molar-refractivity contribution in [1.82, 2.24) is 9.80 Å². The summed E-state index contributed by atoms with van der Waals surface area (Å²) in [5, 5.41) is 0. The van der Waals surface area contributed by atoms with E-state index < -0.39 is 5.92 Å². The summed E-state index contributed by atoms with van der Waals surface area (Å²) in [5.74, 6) is -2.50. The highest BCUT2D eigenvalue weighted by Crippen LogP contribution is 2.29. The number of likely N-dealkylation sites (tertiary alicyclic amines) is 2. The fourth-order valence-electron chi connectivity index (χ4n) is 3.19. The minimum atomic E-state index is -2.50. The molecular formula is C15H28F2N2O. The molecule has 0 aromatic rings. The van der Waals surface area contributed by atoms with Crippen LogP contribution in [0.5, 0.6) is 0 Å².